The lowest BCUT2D eigenvalue weighted by molar-refractivity contribution is 0.208. The molecule has 0 heterocycles. The van der Waals surface area contributed by atoms with Crippen LogP contribution in [-0.2, 0) is 4.74 Å². The van der Waals surface area contributed by atoms with Crippen LogP contribution in [0.3, 0.4) is 0 Å². The number of allylic oxidation sites excluding steroid dienone is 1. The molecule has 1 saturated carbocycles. The molecule has 1 N–H and O–H groups in total. The zero-order valence-electron chi connectivity index (χ0n) is 20.4. The summed E-state index contributed by atoms with van der Waals surface area (Å²) in [6, 6.07) is 4.98. The molecule has 1 fully saturated rings. The fraction of sp³-hybridized carbons (Fsp3) is 0.357. The Morgan fingerprint density at radius 1 is 0.838 bits per heavy atom. The fourth-order valence-electron chi connectivity index (χ4n) is 4.35. The van der Waals surface area contributed by atoms with Crippen molar-refractivity contribution >= 4 is 0 Å². The monoisotopic (exact) mass is 526 g/mol. The number of aromatic hydroxyl groups is 1. The molecular weight excluding hydrogens is 498 g/mol. The average Bonchev–Trinajstić information content (AvgIpc) is 2.90. The highest BCUT2D eigenvalue weighted by molar-refractivity contribution is 5.37. The molecule has 0 amide bonds. The van der Waals surface area contributed by atoms with Gasteiger partial charge in [-0.2, -0.15) is 13.2 Å². The van der Waals surface area contributed by atoms with Gasteiger partial charge in [-0.05, 0) is 67.2 Å². The van der Waals surface area contributed by atoms with Crippen molar-refractivity contribution in [2.45, 2.75) is 50.9 Å². The van der Waals surface area contributed by atoms with E-state index in [4.69, 9.17) is 9.47 Å². The van der Waals surface area contributed by atoms with Crippen LogP contribution in [0.25, 0.3) is 0 Å². The molecule has 200 valence electrons. The van der Waals surface area contributed by atoms with Crippen LogP contribution in [0.15, 0.2) is 60.4 Å². The zero-order valence-corrected chi connectivity index (χ0v) is 20.4. The van der Waals surface area contributed by atoms with Crippen LogP contribution in [0.4, 0.5) is 26.3 Å². The number of hydrogen-bond acceptors (Lipinski definition) is 3. The molecule has 0 saturated heterocycles. The molecule has 0 aliphatic heterocycles. The lowest BCUT2D eigenvalue weighted by Gasteiger charge is -2.29. The molecule has 0 aromatic heterocycles. The largest absolute Gasteiger partial charge is 0.505 e. The number of phenolic OH excluding ortho intramolecular Hbond substituents is 1. The van der Waals surface area contributed by atoms with Crippen molar-refractivity contribution in [1.82, 2.24) is 0 Å². The van der Waals surface area contributed by atoms with Crippen LogP contribution in [-0.4, -0.2) is 18.3 Å². The molecule has 3 nitrogen and oxygen atoms in total. The minimum Gasteiger partial charge on any atom is -0.505 e. The SMILES string of the molecule is C=C(COc1ccc(C2CCC(c3ccc(O)c(F)c3F)CC2)c(F)c1F)/C(F)=C(/F)C(=C)OCCC. The van der Waals surface area contributed by atoms with Crippen molar-refractivity contribution in [3.05, 3.63) is 94.8 Å². The van der Waals surface area contributed by atoms with Crippen molar-refractivity contribution in [1.29, 1.82) is 0 Å². The van der Waals surface area contributed by atoms with Gasteiger partial charge in [-0.3, -0.25) is 0 Å². The summed E-state index contributed by atoms with van der Waals surface area (Å²) in [6.45, 7) is 7.95. The molecule has 3 rings (SSSR count). The second kappa shape index (κ2) is 12.3. The summed E-state index contributed by atoms with van der Waals surface area (Å²) in [5, 5.41) is 9.31. The first kappa shape index (κ1) is 28.2. The van der Waals surface area contributed by atoms with E-state index in [-0.39, 0.29) is 29.6 Å². The second-order valence-electron chi connectivity index (χ2n) is 8.92. The van der Waals surface area contributed by atoms with E-state index in [1.165, 1.54) is 18.2 Å². The summed E-state index contributed by atoms with van der Waals surface area (Å²) in [7, 11) is 0. The Balaban J connectivity index is 1.64. The van der Waals surface area contributed by atoms with Crippen LogP contribution in [0.1, 0.15) is 62.0 Å². The third-order valence-corrected chi connectivity index (χ3v) is 6.41. The van der Waals surface area contributed by atoms with Gasteiger partial charge >= 0.3 is 0 Å². The number of rotatable bonds is 10. The Labute approximate surface area is 211 Å². The van der Waals surface area contributed by atoms with E-state index in [1.54, 1.807) is 6.92 Å². The fourth-order valence-corrected chi connectivity index (χ4v) is 4.35. The average molecular weight is 527 g/mol. The summed E-state index contributed by atoms with van der Waals surface area (Å²) >= 11 is 0. The van der Waals surface area contributed by atoms with Gasteiger partial charge in [0.05, 0.1) is 6.61 Å². The van der Waals surface area contributed by atoms with Gasteiger partial charge in [-0.1, -0.05) is 32.2 Å². The lowest BCUT2D eigenvalue weighted by atomic mass is 9.76. The van der Waals surface area contributed by atoms with Crippen molar-refractivity contribution in [3.8, 4) is 11.5 Å². The smallest absolute Gasteiger partial charge is 0.200 e. The summed E-state index contributed by atoms with van der Waals surface area (Å²) < 4.78 is 95.9. The van der Waals surface area contributed by atoms with Crippen LogP contribution in [0.2, 0.25) is 0 Å². The Morgan fingerprint density at radius 2 is 1.38 bits per heavy atom. The van der Waals surface area contributed by atoms with Gasteiger partial charge in [0.15, 0.2) is 40.5 Å². The molecule has 0 spiro atoms. The van der Waals surface area contributed by atoms with Gasteiger partial charge in [-0.15, -0.1) is 0 Å². The third-order valence-electron chi connectivity index (χ3n) is 6.41. The van der Waals surface area contributed by atoms with E-state index in [9.17, 15) is 31.4 Å². The predicted molar refractivity (Wildman–Crippen MR) is 128 cm³/mol. The van der Waals surface area contributed by atoms with E-state index in [1.807, 2.05) is 0 Å². The summed E-state index contributed by atoms with van der Waals surface area (Å²) in [5.74, 6) is -9.98. The van der Waals surface area contributed by atoms with Gasteiger partial charge in [0.2, 0.25) is 11.6 Å². The Bertz CT molecular complexity index is 1200. The molecule has 1 aliphatic carbocycles. The van der Waals surface area contributed by atoms with E-state index in [0.29, 0.717) is 32.1 Å². The quantitative estimate of drug-likeness (QED) is 0.192. The van der Waals surface area contributed by atoms with Gasteiger partial charge in [0.1, 0.15) is 6.61 Å². The Hall–Kier alpha value is -3.36. The Morgan fingerprint density at radius 3 is 1.95 bits per heavy atom. The number of hydrogen-bond donors (Lipinski definition) is 1. The molecule has 37 heavy (non-hydrogen) atoms. The number of halogens is 6. The number of benzene rings is 2. The van der Waals surface area contributed by atoms with Crippen LogP contribution in [0, 0.1) is 23.3 Å². The first-order valence-corrected chi connectivity index (χ1v) is 11.9. The van der Waals surface area contributed by atoms with E-state index < -0.39 is 64.4 Å². The summed E-state index contributed by atoms with van der Waals surface area (Å²) in [5.41, 5.74) is -0.192. The number of ether oxygens (including phenoxy) is 2. The molecular formula is C28H28F6O3. The van der Waals surface area contributed by atoms with E-state index in [2.05, 4.69) is 13.2 Å². The van der Waals surface area contributed by atoms with Crippen molar-refractivity contribution < 1.29 is 40.9 Å². The highest BCUT2D eigenvalue weighted by Crippen LogP contribution is 2.43. The molecule has 0 bridgehead atoms. The molecule has 9 heteroatoms. The predicted octanol–water partition coefficient (Wildman–Crippen LogP) is 8.42. The molecule has 0 radical (unpaired) electrons. The maximum atomic E-state index is 14.9. The highest BCUT2D eigenvalue weighted by Gasteiger charge is 2.30. The molecule has 1 aliphatic rings. The van der Waals surface area contributed by atoms with Crippen molar-refractivity contribution in [2.24, 2.45) is 0 Å². The Kier molecular flexibility index (Phi) is 9.34. The topological polar surface area (TPSA) is 38.7 Å². The summed E-state index contributed by atoms with van der Waals surface area (Å²) in [6.07, 6.45) is 2.19. The van der Waals surface area contributed by atoms with E-state index >= 15 is 0 Å². The maximum Gasteiger partial charge on any atom is 0.200 e. The standard InChI is InChI=1S/C28H28F6O3/c1-4-13-36-16(3)24(30)23(29)15(2)14-37-22-12-10-20(26(32)28(22)34)18-7-5-17(6-8-18)19-9-11-21(35)27(33)25(19)31/h9-12,17-18,35H,2-8,13-14H2,1H3/b24-23-. The minimum atomic E-state index is -1.36. The summed E-state index contributed by atoms with van der Waals surface area (Å²) in [4.78, 5) is 0. The van der Waals surface area contributed by atoms with E-state index in [0.717, 1.165) is 6.07 Å². The van der Waals surface area contributed by atoms with Crippen LogP contribution >= 0.6 is 0 Å². The van der Waals surface area contributed by atoms with Gasteiger partial charge in [-0.25, -0.2) is 13.2 Å². The van der Waals surface area contributed by atoms with Crippen molar-refractivity contribution in [2.75, 3.05) is 13.2 Å². The minimum absolute atomic E-state index is 0.112. The second-order valence-corrected chi connectivity index (χ2v) is 8.92. The maximum absolute atomic E-state index is 14.9. The molecule has 2 aromatic carbocycles. The number of phenols is 1. The molecule has 2 aromatic rings. The third kappa shape index (κ3) is 6.32. The normalized spacial score (nSPS) is 18.2. The van der Waals surface area contributed by atoms with Crippen molar-refractivity contribution in [3.63, 3.8) is 0 Å². The zero-order chi connectivity index (χ0) is 27.3. The van der Waals surface area contributed by atoms with Crippen LogP contribution in [0.5, 0.6) is 11.5 Å². The lowest BCUT2D eigenvalue weighted by Crippen LogP contribution is -2.15. The van der Waals surface area contributed by atoms with Gasteiger partial charge < -0.3 is 14.6 Å². The highest BCUT2D eigenvalue weighted by atomic mass is 19.2. The van der Waals surface area contributed by atoms with Gasteiger partial charge in [0.25, 0.3) is 0 Å². The first-order valence-electron chi connectivity index (χ1n) is 11.9. The van der Waals surface area contributed by atoms with Crippen LogP contribution < -0.4 is 4.74 Å². The molecule has 0 atom stereocenters. The molecule has 0 unspecified atom stereocenters. The van der Waals surface area contributed by atoms with Gasteiger partial charge in [0, 0.05) is 5.57 Å². The first-order chi connectivity index (χ1) is 17.6.